The number of hydrogen-bond donors (Lipinski definition) is 0. The van der Waals surface area contributed by atoms with Crippen molar-refractivity contribution in [2.24, 2.45) is 4.99 Å². The topological polar surface area (TPSA) is 30.2 Å². The van der Waals surface area contributed by atoms with Crippen LogP contribution in [0.25, 0.3) is 0 Å². The summed E-state index contributed by atoms with van der Waals surface area (Å²) >= 11 is 5.61. The molecule has 0 radical (unpaired) electrons. The van der Waals surface area contributed by atoms with Gasteiger partial charge < -0.3 is 0 Å². The third-order valence-corrected chi connectivity index (χ3v) is 1.35. The van der Waals surface area contributed by atoms with Gasteiger partial charge in [-0.3, -0.25) is 0 Å². The molecule has 0 fully saturated rings. The first-order chi connectivity index (χ1) is 5.24. The van der Waals surface area contributed by atoms with E-state index in [2.05, 4.69) is 10.1 Å². The lowest BCUT2D eigenvalue weighted by Crippen LogP contribution is -1.95. The van der Waals surface area contributed by atoms with Crippen molar-refractivity contribution in [2.45, 2.75) is 20.4 Å². The molecule has 0 N–H and O–H groups in total. The minimum absolute atomic E-state index is 0.528. The molecule has 1 aromatic heterocycles. The molecule has 0 spiro atoms. The Labute approximate surface area is 70.7 Å². The molecule has 0 aliphatic rings. The van der Waals surface area contributed by atoms with E-state index in [-0.39, 0.29) is 0 Å². The second-order valence-corrected chi connectivity index (χ2v) is 2.66. The molecule has 11 heavy (non-hydrogen) atoms. The van der Waals surface area contributed by atoms with E-state index in [0.717, 1.165) is 12.4 Å². The van der Waals surface area contributed by atoms with Gasteiger partial charge in [-0.05, 0) is 13.8 Å². The maximum Gasteiger partial charge on any atom is 0.151 e. The van der Waals surface area contributed by atoms with Crippen molar-refractivity contribution in [3.63, 3.8) is 0 Å². The second-order valence-electron chi connectivity index (χ2n) is 2.11. The van der Waals surface area contributed by atoms with E-state index in [1.165, 1.54) is 0 Å². The van der Waals surface area contributed by atoms with Crippen molar-refractivity contribution in [1.82, 2.24) is 9.78 Å². The maximum atomic E-state index is 5.61. The van der Waals surface area contributed by atoms with Gasteiger partial charge in [0.2, 0.25) is 0 Å². The average molecular weight is 172 g/mol. The number of aryl methyl sites for hydroxylation is 1. The predicted molar refractivity (Wildman–Crippen MR) is 46.5 cm³/mol. The predicted octanol–water partition coefficient (Wildman–Crippen LogP) is 2.19. The average Bonchev–Trinajstić information content (AvgIpc) is 2.34. The Hall–Kier alpha value is -0.830. The number of aliphatic imine (C=N–C) groups is 1. The third-order valence-electron chi connectivity index (χ3n) is 1.26. The van der Waals surface area contributed by atoms with Crippen LogP contribution < -0.4 is 0 Å². The van der Waals surface area contributed by atoms with Gasteiger partial charge >= 0.3 is 0 Å². The fourth-order valence-corrected chi connectivity index (χ4v) is 0.909. The van der Waals surface area contributed by atoms with E-state index < -0.39 is 0 Å². The third kappa shape index (κ3) is 2.05. The van der Waals surface area contributed by atoms with Crippen molar-refractivity contribution in [3.8, 4) is 0 Å². The van der Waals surface area contributed by atoms with Crippen LogP contribution in [-0.2, 0) is 6.54 Å². The Kier molecular flexibility index (Phi) is 2.65. The Morgan fingerprint density at radius 1 is 1.82 bits per heavy atom. The van der Waals surface area contributed by atoms with E-state index in [1.54, 1.807) is 17.8 Å². The molecule has 0 aliphatic carbocycles. The molecule has 0 aromatic carbocycles. The largest absolute Gasteiger partial charge is 0.248 e. The molecular formula is C7H10ClN3. The fourth-order valence-electron chi connectivity index (χ4n) is 0.822. The smallest absolute Gasteiger partial charge is 0.151 e. The minimum atomic E-state index is 0.528. The van der Waals surface area contributed by atoms with Gasteiger partial charge in [-0.2, -0.15) is 5.10 Å². The van der Waals surface area contributed by atoms with Crippen LogP contribution in [0.2, 0.25) is 0 Å². The van der Waals surface area contributed by atoms with Crippen LogP contribution in [-0.4, -0.2) is 15.0 Å². The zero-order chi connectivity index (χ0) is 8.27. The van der Waals surface area contributed by atoms with Crippen molar-refractivity contribution in [1.29, 1.82) is 0 Å². The number of halogens is 1. The summed E-state index contributed by atoms with van der Waals surface area (Å²) < 4.78 is 1.78. The highest BCUT2D eigenvalue weighted by atomic mass is 35.5. The van der Waals surface area contributed by atoms with Gasteiger partial charge in [0.15, 0.2) is 5.82 Å². The maximum absolute atomic E-state index is 5.61. The standard InChI is InChI=1S/C7H10ClN3/c1-3-11-7(4-5-9-11)10-6(2)8/h4-5H,3H2,1-2H3/b10-6-. The Balaban J connectivity index is 2.93. The van der Waals surface area contributed by atoms with Crippen LogP contribution in [0, 0.1) is 0 Å². The van der Waals surface area contributed by atoms with Crippen LogP contribution in [0.5, 0.6) is 0 Å². The lowest BCUT2D eigenvalue weighted by Gasteiger charge is -1.97. The van der Waals surface area contributed by atoms with Gasteiger partial charge in [0.05, 0.1) is 6.20 Å². The lowest BCUT2D eigenvalue weighted by molar-refractivity contribution is 0.664. The van der Waals surface area contributed by atoms with Crippen LogP contribution in [0.1, 0.15) is 13.8 Å². The molecule has 60 valence electrons. The van der Waals surface area contributed by atoms with Crippen LogP contribution >= 0.6 is 11.6 Å². The molecule has 0 saturated heterocycles. The van der Waals surface area contributed by atoms with Gasteiger partial charge in [-0.15, -0.1) is 0 Å². The van der Waals surface area contributed by atoms with Crippen LogP contribution in [0.3, 0.4) is 0 Å². The van der Waals surface area contributed by atoms with E-state index in [0.29, 0.717) is 5.17 Å². The van der Waals surface area contributed by atoms with E-state index in [4.69, 9.17) is 11.6 Å². The summed E-state index contributed by atoms with van der Waals surface area (Å²) in [6.45, 7) is 4.57. The summed E-state index contributed by atoms with van der Waals surface area (Å²) in [5.74, 6) is 0.806. The molecule has 0 bridgehead atoms. The first kappa shape index (κ1) is 8.27. The number of nitrogens with zero attached hydrogens (tertiary/aromatic N) is 3. The van der Waals surface area contributed by atoms with Crippen molar-refractivity contribution in [3.05, 3.63) is 12.3 Å². The monoisotopic (exact) mass is 171 g/mol. The summed E-state index contributed by atoms with van der Waals surface area (Å²) in [6.07, 6.45) is 1.71. The molecule has 3 nitrogen and oxygen atoms in total. The summed E-state index contributed by atoms with van der Waals surface area (Å²) in [5, 5.41) is 4.57. The number of hydrogen-bond acceptors (Lipinski definition) is 2. The molecule has 0 aliphatic heterocycles. The summed E-state index contributed by atoms with van der Waals surface area (Å²) in [6, 6.07) is 1.83. The molecule has 1 rings (SSSR count). The molecule has 0 saturated carbocycles. The quantitative estimate of drug-likeness (QED) is 0.628. The zero-order valence-corrected chi connectivity index (χ0v) is 7.34. The lowest BCUT2D eigenvalue weighted by atomic mass is 10.6. The molecule has 1 heterocycles. The molecule has 0 unspecified atom stereocenters. The summed E-state index contributed by atoms with van der Waals surface area (Å²) in [5.41, 5.74) is 0. The van der Waals surface area contributed by atoms with Crippen LogP contribution in [0.4, 0.5) is 5.82 Å². The zero-order valence-electron chi connectivity index (χ0n) is 6.58. The van der Waals surface area contributed by atoms with E-state index in [9.17, 15) is 0 Å². The highest BCUT2D eigenvalue weighted by Gasteiger charge is 1.96. The van der Waals surface area contributed by atoms with E-state index >= 15 is 0 Å². The Morgan fingerprint density at radius 2 is 2.55 bits per heavy atom. The molecule has 0 amide bonds. The first-order valence-corrected chi connectivity index (χ1v) is 3.84. The van der Waals surface area contributed by atoms with Gasteiger partial charge in [0.25, 0.3) is 0 Å². The van der Waals surface area contributed by atoms with Gasteiger partial charge in [0, 0.05) is 12.6 Å². The summed E-state index contributed by atoms with van der Waals surface area (Å²) in [7, 11) is 0. The highest BCUT2D eigenvalue weighted by Crippen LogP contribution is 2.11. The number of aromatic nitrogens is 2. The molecule has 4 heteroatoms. The van der Waals surface area contributed by atoms with Gasteiger partial charge in [-0.1, -0.05) is 11.6 Å². The normalized spacial score (nSPS) is 12.1. The molecule has 0 atom stereocenters. The molecular weight excluding hydrogens is 162 g/mol. The Morgan fingerprint density at radius 3 is 3.09 bits per heavy atom. The van der Waals surface area contributed by atoms with E-state index in [1.807, 2.05) is 13.0 Å². The fraction of sp³-hybridized carbons (Fsp3) is 0.429. The Bertz CT molecular complexity index is 260. The van der Waals surface area contributed by atoms with Crippen molar-refractivity contribution >= 4 is 22.6 Å². The minimum Gasteiger partial charge on any atom is -0.248 e. The highest BCUT2D eigenvalue weighted by molar-refractivity contribution is 6.65. The second kappa shape index (κ2) is 3.53. The van der Waals surface area contributed by atoms with Gasteiger partial charge in [0.1, 0.15) is 5.17 Å². The number of rotatable bonds is 2. The van der Waals surface area contributed by atoms with Crippen molar-refractivity contribution in [2.75, 3.05) is 0 Å². The summed E-state index contributed by atoms with van der Waals surface area (Å²) in [4.78, 5) is 4.07. The van der Waals surface area contributed by atoms with Crippen LogP contribution in [0.15, 0.2) is 17.3 Å². The van der Waals surface area contributed by atoms with Gasteiger partial charge in [-0.25, -0.2) is 9.67 Å². The van der Waals surface area contributed by atoms with Crippen molar-refractivity contribution < 1.29 is 0 Å². The molecule has 1 aromatic rings. The SMILES string of the molecule is CCn1nccc1/N=C(/C)Cl. The first-order valence-electron chi connectivity index (χ1n) is 3.46.